The fourth-order valence-electron chi connectivity index (χ4n) is 4.90. The highest BCUT2D eigenvalue weighted by atomic mass is 16.5. The molecule has 6 heteroatoms. The number of para-hydroxylation sites is 1. The van der Waals surface area contributed by atoms with Gasteiger partial charge in [-0.05, 0) is 42.2 Å². The molecule has 1 atom stereocenters. The Kier molecular flexibility index (Phi) is 5.71. The number of hydrogen-bond acceptors (Lipinski definition) is 5. The molecule has 4 rings (SSSR count). The summed E-state index contributed by atoms with van der Waals surface area (Å²) in [6.45, 7) is 4.14. The zero-order chi connectivity index (χ0) is 23.0. The van der Waals surface area contributed by atoms with Crippen LogP contribution in [0.25, 0.3) is 0 Å². The molecule has 1 heterocycles. The lowest BCUT2D eigenvalue weighted by atomic mass is 9.69. The third-order valence-corrected chi connectivity index (χ3v) is 6.28. The summed E-state index contributed by atoms with van der Waals surface area (Å²) >= 11 is 0. The first-order chi connectivity index (χ1) is 15.3. The number of amides is 1. The maximum Gasteiger partial charge on any atom is 0.232 e. The lowest BCUT2D eigenvalue weighted by molar-refractivity contribution is -0.121. The molecule has 1 amide bonds. The van der Waals surface area contributed by atoms with E-state index in [-0.39, 0.29) is 29.4 Å². The molecule has 0 fully saturated rings. The van der Waals surface area contributed by atoms with Gasteiger partial charge in [0, 0.05) is 41.3 Å². The molecule has 1 unspecified atom stereocenters. The molecule has 0 saturated heterocycles. The third kappa shape index (κ3) is 3.74. The zero-order valence-corrected chi connectivity index (χ0v) is 19.2. The maximum atomic E-state index is 13.5. The van der Waals surface area contributed by atoms with Crippen LogP contribution >= 0.6 is 0 Å². The summed E-state index contributed by atoms with van der Waals surface area (Å²) in [6, 6.07) is 13.0. The van der Waals surface area contributed by atoms with Crippen molar-refractivity contribution in [2.45, 2.75) is 39.0 Å². The maximum absolute atomic E-state index is 13.5. The topological polar surface area (TPSA) is 65.1 Å². The molecule has 0 spiro atoms. The minimum Gasteiger partial charge on any atom is -0.497 e. The first-order valence-electron chi connectivity index (χ1n) is 10.7. The Morgan fingerprint density at radius 3 is 2.25 bits per heavy atom. The quantitative estimate of drug-likeness (QED) is 0.670. The van der Waals surface area contributed by atoms with Crippen molar-refractivity contribution in [3.05, 3.63) is 59.3 Å². The first-order valence-corrected chi connectivity index (χ1v) is 10.7. The molecule has 1 aliphatic carbocycles. The average molecular weight is 436 g/mol. The largest absolute Gasteiger partial charge is 0.497 e. The van der Waals surface area contributed by atoms with Gasteiger partial charge in [-0.25, -0.2) is 0 Å². The van der Waals surface area contributed by atoms with Crippen molar-refractivity contribution < 1.29 is 23.8 Å². The Morgan fingerprint density at radius 2 is 1.62 bits per heavy atom. The van der Waals surface area contributed by atoms with E-state index in [1.807, 2.05) is 42.5 Å². The number of carbonyl (C=O) groups excluding carboxylic acids is 2. The van der Waals surface area contributed by atoms with E-state index in [1.165, 1.54) is 0 Å². The van der Waals surface area contributed by atoms with E-state index >= 15 is 0 Å². The highest BCUT2D eigenvalue weighted by Gasteiger charge is 2.45. The van der Waals surface area contributed by atoms with Crippen LogP contribution in [0.3, 0.4) is 0 Å². The molecule has 0 bridgehead atoms. The van der Waals surface area contributed by atoms with Gasteiger partial charge in [-0.1, -0.05) is 26.0 Å². The van der Waals surface area contributed by atoms with Gasteiger partial charge in [-0.15, -0.1) is 0 Å². The molecular formula is C26H29NO5. The molecule has 6 nitrogen and oxygen atoms in total. The number of allylic oxidation sites excluding steroid dienone is 2. The van der Waals surface area contributed by atoms with Crippen LogP contribution < -0.4 is 19.1 Å². The van der Waals surface area contributed by atoms with Gasteiger partial charge in [0.15, 0.2) is 17.3 Å². The molecule has 2 aromatic carbocycles. The number of rotatable bonds is 5. The predicted octanol–water partition coefficient (Wildman–Crippen LogP) is 4.88. The van der Waals surface area contributed by atoms with E-state index in [1.54, 1.807) is 26.2 Å². The van der Waals surface area contributed by atoms with E-state index in [2.05, 4.69) is 13.8 Å². The van der Waals surface area contributed by atoms with Crippen molar-refractivity contribution in [1.82, 2.24) is 0 Å². The van der Waals surface area contributed by atoms with Crippen LogP contribution in [0.1, 0.15) is 44.6 Å². The van der Waals surface area contributed by atoms with Crippen LogP contribution in [0, 0.1) is 5.41 Å². The Hall–Kier alpha value is -3.28. The van der Waals surface area contributed by atoms with Crippen molar-refractivity contribution in [3.8, 4) is 17.2 Å². The fourth-order valence-corrected chi connectivity index (χ4v) is 4.90. The second-order valence-corrected chi connectivity index (χ2v) is 9.07. The standard InChI is InChI=1S/C26H29NO5/c1-26(2)14-20-24(21(28)15-26)19(18-7-6-8-22(31-4)25(18)32-5)13-23(29)27(20)16-9-11-17(30-3)12-10-16/h6-12,19H,13-15H2,1-5H3. The smallest absolute Gasteiger partial charge is 0.232 e. The first kappa shape index (κ1) is 21.9. The van der Waals surface area contributed by atoms with Crippen LogP contribution in [0.2, 0.25) is 0 Å². The van der Waals surface area contributed by atoms with Gasteiger partial charge in [0.25, 0.3) is 0 Å². The van der Waals surface area contributed by atoms with E-state index < -0.39 is 0 Å². The van der Waals surface area contributed by atoms with Gasteiger partial charge < -0.3 is 14.2 Å². The molecular weight excluding hydrogens is 406 g/mol. The number of anilines is 1. The van der Waals surface area contributed by atoms with Crippen LogP contribution in [0.4, 0.5) is 5.69 Å². The van der Waals surface area contributed by atoms with Crippen molar-refractivity contribution in [2.24, 2.45) is 5.41 Å². The highest BCUT2D eigenvalue weighted by molar-refractivity contribution is 6.08. The van der Waals surface area contributed by atoms with Crippen molar-refractivity contribution >= 4 is 17.4 Å². The average Bonchev–Trinajstić information content (AvgIpc) is 2.77. The van der Waals surface area contributed by atoms with Gasteiger partial charge in [-0.2, -0.15) is 0 Å². The van der Waals surface area contributed by atoms with Crippen LogP contribution in [-0.2, 0) is 9.59 Å². The number of benzene rings is 2. The Labute approximate surface area is 188 Å². The molecule has 1 aliphatic heterocycles. The molecule has 0 radical (unpaired) electrons. The number of ether oxygens (including phenoxy) is 3. The number of carbonyl (C=O) groups is 2. The highest BCUT2D eigenvalue weighted by Crippen LogP contribution is 2.50. The zero-order valence-electron chi connectivity index (χ0n) is 19.2. The molecule has 2 aromatic rings. The SMILES string of the molecule is COc1ccc(N2C(=O)CC(c3cccc(OC)c3OC)C3=C2CC(C)(C)CC3=O)cc1. The number of Topliss-reactive ketones (excluding diaryl/α,β-unsaturated/α-hetero) is 1. The monoisotopic (exact) mass is 435 g/mol. The van der Waals surface area contributed by atoms with Gasteiger partial charge in [0.2, 0.25) is 5.91 Å². The third-order valence-electron chi connectivity index (χ3n) is 6.28. The van der Waals surface area contributed by atoms with Gasteiger partial charge >= 0.3 is 0 Å². The van der Waals surface area contributed by atoms with Gasteiger partial charge in [0.1, 0.15) is 5.75 Å². The molecule has 0 N–H and O–H groups in total. The summed E-state index contributed by atoms with van der Waals surface area (Å²) in [5.74, 6) is 1.52. The number of methoxy groups -OCH3 is 3. The molecule has 32 heavy (non-hydrogen) atoms. The van der Waals surface area contributed by atoms with E-state index in [0.29, 0.717) is 35.7 Å². The number of nitrogens with zero attached hydrogens (tertiary/aromatic N) is 1. The van der Waals surface area contributed by atoms with Crippen molar-refractivity contribution in [3.63, 3.8) is 0 Å². The lowest BCUT2D eigenvalue weighted by Crippen LogP contribution is -2.43. The summed E-state index contributed by atoms with van der Waals surface area (Å²) < 4.78 is 16.4. The molecule has 168 valence electrons. The van der Waals surface area contributed by atoms with Crippen molar-refractivity contribution in [1.29, 1.82) is 0 Å². The Balaban J connectivity index is 1.90. The van der Waals surface area contributed by atoms with Crippen LogP contribution in [0.15, 0.2) is 53.7 Å². The second kappa shape index (κ2) is 8.34. The van der Waals surface area contributed by atoms with E-state index in [4.69, 9.17) is 14.2 Å². The Morgan fingerprint density at radius 1 is 0.906 bits per heavy atom. The van der Waals surface area contributed by atoms with E-state index in [9.17, 15) is 9.59 Å². The van der Waals surface area contributed by atoms with Gasteiger partial charge in [0.05, 0.1) is 21.3 Å². The van der Waals surface area contributed by atoms with E-state index in [0.717, 1.165) is 16.9 Å². The number of ketones is 1. The second-order valence-electron chi connectivity index (χ2n) is 9.07. The summed E-state index contributed by atoms with van der Waals surface area (Å²) in [7, 11) is 4.77. The lowest BCUT2D eigenvalue weighted by Gasteiger charge is -2.43. The number of hydrogen-bond donors (Lipinski definition) is 0. The minimum atomic E-state index is -0.374. The minimum absolute atomic E-state index is 0.0470. The van der Waals surface area contributed by atoms with Gasteiger partial charge in [-0.3, -0.25) is 14.5 Å². The molecule has 2 aliphatic rings. The summed E-state index contributed by atoms with van der Waals surface area (Å²) in [5.41, 5.74) is 2.79. The summed E-state index contributed by atoms with van der Waals surface area (Å²) in [5, 5.41) is 0. The molecule has 0 saturated carbocycles. The predicted molar refractivity (Wildman–Crippen MR) is 122 cm³/mol. The normalized spacial score (nSPS) is 20.2. The summed E-state index contributed by atoms with van der Waals surface area (Å²) in [6.07, 6.45) is 1.26. The Bertz CT molecular complexity index is 1080. The van der Waals surface area contributed by atoms with Crippen LogP contribution in [0.5, 0.6) is 17.2 Å². The van der Waals surface area contributed by atoms with Crippen molar-refractivity contribution in [2.75, 3.05) is 26.2 Å². The molecule has 0 aromatic heterocycles. The fraction of sp³-hybridized carbons (Fsp3) is 0.385. The van der Waals surface area contributed by atoms with Crippen LogP contribution in [-0.4, -0.2) is 33.0 Å². The summed E-state index contributed by atoms with van der Waals surface area (Å²) in [4.78, 5) is 28.7.